The highest BCUT2D eigenvalue weighted by Gasteiger charge is 2.51. The first-order chi connectivity index (χ1) is 15.6. The maximum atomic E-state index is 12.1. The number of hydrogen-bond acceptors (Lipinski definition) is 8. The van der Waals surface area contributed by atoms with Crippen LogP contribution in [0.4, 0.5) is 17.3 Å². The number of nitrogens with zero attached hydrogens (tertiary/aromatic N) is 4. The van der Waals surface area contributed by atoms with Gasteiger partial charge in [0.15, 0.2) is 11.5 Å². The summed E-state index contributed by atoms with van der Waals surface area (Å²) in [6.45, 7) is 8.13. The standard InChI is InChI=1S/C24H33N5O4/c1-23(2)11-17-12-24(3,13-23)14-28(17)22-20(29(30)31)21(26-15-27-22)25-9-8-16-6-7-18(32-4)19(10-16)33-5/h6-7,10,15,17H,8-9,11-14H2,1-5H3,(H,25,26,27). The van der Waals surface area contributed by atoms with Crippen LogP contribution < -0.4 is 19.7 Å². The molecule has 1 saturated carbocycles. The molecule has 0 spiro atoms. The zero-order chi connectivity index (χ0) is 23.8. The molecule has 1 N–H and O–H groups in total. The van der Waals surface area contributed by atoms with Crippen molar-refractivity contribution in [1.82, 2.24) is 9.97 Å². The molecular formula is C24H33N5O4. The van der Waals surface area contributed by atoms with Gasteiger partial charge in [-0.25, -0.2) is 9.97 Å². The SMILES string of the molecule is COc1ccc(CCNc2ncnc(N3CC4(C)CC3CC(C)(C)C4)c2[N+](=O)[O-])cc1OC. The number of rotatable bonds is 8. The van der Waals surface area contributed by atoms with E-state index in [1.807, 2.05) is 18.2 Å². The fraction of sp³-hybridized carbons (Fsp3) is 0.583. The number of nitro groups is 1. The van der Waals surface area contributed by atoms with Crippen LogP contribution in [0, 0.1) is 20.9 Å². The van der Waals surface area contributed by atoms with Gasteiger partial charge in [0.25, 0.3) is 0 Å². The van der Waals surface area contributed by atoms with Gasteiger partial charge >= 0.3 is 5.69 Å². The van der Waals surface area contributed by atoms with E-state index in [0.29, 0.717) is 30.3 Å². The normalized spacial score (nSPS) is 23.3. The van der Waals surface area contributed by atoms with Gasteiger partial charge in [0.05, 0.1) is 19.1 Å². The molecule has 1 aliphatic carbocycles. The lowest BCUT2D eigenvalue weighted by Crippen LogP contribution is -2.35. The smallest absolute Gasteiger partial charge is 0.353 e. The number of hydrogen-bond donors (Lipinski definition) is 1. The van der Waals surface area contributed by atoms with Crippen molar-refractivity contribution in [3.05, 3.63) is 40.2 Å². The molecule has 33 heavy (non-hydrogen) atoms. The van der Waals surface area contributed by atoms with Gasteiger partial charge in [-0.05, 0) is 54.2 Å². The van der Waals surface area contributed by atoms with E-state index in [1.54, 1.807) is 14.2 Å². The monoisotopic (exact) mass is 455 g/mol. The number of ether oxygens (including phenoxy) is 2. The topological polar surface area (TPSA) is 103 Å². The molecule has 2 heterocycles. The lowest BCUT2D eigenvalue weighted by atomic mass is 9.65. The van der Waals surface area contributed by atoms with Crippen LogP contribution in [-0.2, 0) is 6.42 Å². The highest BCUT2D eigenvalue weighted by atomic mass is 16.6. The molecule has 1 aromatic heterocycles. The molecule has 1 saturated heterocycles. The van der Waals surface area contributed by atoms with Gasteiger partial charge in [0, 0.05) is 19.1 Å². The minimum absolute atomic E-state index is 0.0428. The van der Waals surface area contributed by atoms with Crippen LogP contribution in [0.3, 0.4) is 0 Å². The minimum atomic E-state index is -0.357. The molecule has 2 bridgehead atoms. The van der Waals surface area contributed by atoms with Crippen molar-refractivity contribution < 1.29 is 14.4 Å². The van der Waals surface area contributed by atoms with Crippen molar-refractivity contribution in [2.24, 2.45) is 10.8 Å². The molecule has 1 aromatic carbocycles. The van der Waals surface area contributed by atoms with Crippen LogP contribution in [0.15, 0.2) is 24.5 Å². The molecule has 9 heteroatoms. The van der Waals surface area contributed by atoms with Crippen LogP contribution in [0.1, 0.15) is 45.6 Å². The van der Waals surface area contributed by atoms with Crippen molar-refractivity contribution in [3.8, 4) is 11.5 Å². The largest absolute Gasteiger partial charge is 0.493 e. The summed E-state index contributed by atoms with van der Waals surface area (Å²) < 4.78 is 10.6. The number of anilines is 2. The summed E-state index contributed by atoms with van der Waals surface area (Å²) in [5, 5.41) is 15.3. The fourth-order valence-electron chi connectivity index (χ4n) is 5.95. The van der Waals surface area contributed by atoms with Crippen LogP contribution in [-0.4, -0.2) is 48.2 Å². The third kappa shape index (κ3) is 4.67. The lowest BCUT2D eigenvalue weighted by molar-refractivity contribution is -0.383. The number of fused-ring (bicyclic) bond motifs is 2. The highest BCUT2D eigenvalue weighted by molar-refractivity contribution is 5.71. The van der Waals surface area contributed by atoms with Crippen LogP contribution in [0.5, 0.6) is 11.5 Å². The fourth-order valence-corrected chi connectivity index (χ4v) is 5.95. The molecule has 0 radical (unpaired) electrons. The zero-order valence-electron chi connectivity index (χ0n) is 20.1. The number of methoxy groups -OCH3 is 2. The Balaban J connectivity index is 1.54. The molecule has 2 aliphatic rings. The second-order valence-electron chi connectivity index (χ2n) is 10.4. The maximum Gasteiger partial charge on any atom is 0.353 e. The molecule has 9 nitrogen and oxygen atoms in total. The van der Waals surface area contributed by atoms with E-state index in [1.165, 1.54) is 6.33 Å². The Labute approximate surface area is 194 Å². The van der Waals surface area contributed by atoms with Gasteiger partial charge in [-0.1, -0.05) is 26.8 Å². The lowest BCUT2D eigenvalue weighted by Gasteiger charge is -2.39. The Morgan fingerprint density at radius 2 is 1.94 bits per heavy atom. The summed E-state index contributed by atoms with van der Waals surface area (Å²) in [6, 6.07) is 5.97. The molecule has 2 atom stereocenters. The van der Waals surface area contributed by atoms with E-state index in [0.717, 1.165) is 31.4 Å². The Morgan fingerprint density at radius 3 is 2.64 bits per heavy atom. The highest BCUT2D eigenvalue weighted by Crippen LogP contribution is 2.54. The summed E-state index contributed by atoms with van der Waals surface area (Å²) in [5.74, 6) is 2.01. The molecule has 2 fully saturated rings. The van der Waals surface area contributed by atoms with E-state index in [9.17, 15) is 10.1 Å². The molecule has 2 aromatic rings. The van der Waals surface area contributed by atoms with E-state index < -0.39 is 0 Å². The van der Waals surface area contributed by atoms with Crippen molar-refractivity contribution in [3.63, 3.8) is 0 Å². The van der Waals surface area contributed by atoms with Gasteiger partial charge in [0.1, 0.15) is 6.33 Å². The van der Waals surface area contributed by atoms with Crippen molar-refractivity contribution in [2.75, 3.05) is 37.5 Å². The van der Waals surface area contributed by atoms with Crippen LogP contribution in [0.25, 0.3) is 0 Å². The first-order valence-corrected chi connectivity index (χ1v) is 11.4. The number of nitrogens with one attached hydrogen (secondary N) is 1. The van der Waals surface area contributed by atoms with Crippen molar-refractivity contribution in [2.45, 2.75) is 52.5 Å². The van der Waals surface area contributed by atoms with E-state index in [4.69, 9.17) is 9.47 Å². The third-order valence-corrected chi connectivity index (χ3v) is 6.83. The van der Waals surface area contributed by atoms with Gasteiger partial charge in [0.2, 0.25) is 11.6 Å². The first-order valence-electron chi connectivity index (χ1n) is 11.4. The van der Waals surface area contributed by atoms with Gasteiger partial charge in [-0.2, -0.15) is 0 Å². The summed E-state index contributed by atoms with van der Waals surface area (Å²) in [6.07, 6.45) is 5.24. The number of aromatic nitrogens is 2. The second kappa shape index (κ2) is 8.68. The van der Waals surface area contributed by atoms with Crippen LogP contribution in [0.2, 0.25) is 0 Å². The minimum Gasteiger partial charge on any atom is -0.493 e. The predicted molar refractivity (Wildman–Crippen MR) is 127 cm³/mol. The van der Waals surface area contributed by atoms with Crippen molar-refractivity contribution in [1.29, 1.82) is 0 Å². The summed E-state index contributed by atoms with van der Waals surface area (Å²) >= 11 is 0. The summed E-state index contributed by atoms with van der Waals surface area (Å²) in [4.78, 5) is 22.5. The molecular weight excluding hydrogens is 422 g/mol. The molecule has 1 aliphatic heterocycles. The van der Waals surface area contributed by atoms with E-state index in [-0.39, 0.29) is 33.3 Å². The van der Waals surface area contributed by atoms with Gasteiger partial charge in [-0.15, -0.1) is 0 Å². The molecule has 0 amide bonds. The Kier molecular flexibility index (Phi) is 6.07. The predicted octanol–water partition coefficient (Wildman–Crippen LogP) is 4.46. The van der Waals surface area contributed by atoms with Crippen molar-refractivity contribution >= 4 is 17.3 Å². The number of benzene rings is 1. The zero-order valence-corrected chi connectivity index (χ0v) is 20.1. The quantitative estimate of drug-likeness (QED) is 0.460. The Bertz CT molecular complexity index is 1040. The molecule has 2 unspecified atom stereocenters. The first kappa shape index (κ1) is 23.1. The second-order valence-corrected chi connectivity index (χ2v) is 10.4. The molecule has 4 rings (SSSR count). The van der Waals surface area contributed by atoms with Crippen LogP contribution >= 0.6 is 0 Å². The Morgan fingerprint density at radius 1 is 1.18 bits per heavy atom. The van der Waals surface area contributed by atoms with E-state index >= 15 is 0 Å². The van der Waals surface area contributed by atoms with Gasteiger partial charge in [-0.3, -0.25) is 10.1 Å². The van der Waals surface area contributed by atoms with E-state index in [2.05, 4.69) is 41.0 Å². The molecule has 178 valence electrons. The average molecular weight is 456 g/mol. The average Bonchev–Trinajstić information content (AvgIpc) is 3.01. The Hall–Kier alpha value is -3.10. The third-order valence-electron chi connectivity index (χ3n) is 6.83. The summed E-state index contributed by atoms with van der Waals surface area (Å²) in [5.41, 5.74) is 1.35. The summed E-state index contributed by atoms with van der Waals surface area (Å²) in [7, 11) is 3.20. The van der Waals surface area contributed by atoms with Gasteiger partial charge < -0.3 is 19.7 Å². The maximum absolute atomic E-state index is 12.1.